The Morgan fingerprint density at radius 2 is 1.71 bits per heavy atom. The zero-order valence-corrected chi connectivity index (χ0v) is 14.3. The molecule has 0 radical (unpaired) electrons. The van der Waals surface area contributed by atoms with Crippen LogP contribution >= 0.6 is 11.8 Å². The maximum absolute atomic E-state index is 11.8. The molecule has 118 valence electrons. The van der Waals surface area contributed by atoms with Gasteiger partial charge in [-0.3, -0.25) is 4.79 Å². The number of anilines is 1. The molecule has 0 fully saturated rings. The minimum atomic E-state index is 0.0963. The second-order valence-electron chi connectivity index (χ2n) is 6.24. The van der Waals surface area contributed by atoms with Gasteiger partial charge in [-0.1, -0.05) is 33.6 Å². The third-order valence-corrected chi connectivity index (χ3v) is 4.04. The third kappa shape index (κ3) is 8.79. The number of nitrogens with two attached hydrogens (primary N) is 1. The summed E-state index contributed by atoms with van der Waals surface area (Å²) in [6.07, 6.45) is 4.76. The van der Waals surface area contributed by atoms with Crippen LogP contribution in [0, 0.1) is 0 Å². The molecule has 0 atom stereocenters. The van der Waals surface area contributed by atoms with Crippen LogP contribution in [-0.4, -0.2) is 17.2 Å². The normalized spacial score (nSPS) is 11.4. The van der Waals surface area contributed by atoms with Crippen LogP contribution in [0.3, 0.4) is 0 Å². The zero-order valence-electron chi connectivity index (χ0n) is 13.4. The van der Waals surface area contributed by atoms with E-state index in [1.54, 1.807) is 0 Å². The number of benzene rings is 1. The number of rotatable bonds is 8. The Kier molecular flexibility index (Phi) is 7.83. The molecule has 1 amide bonds. The lowest BCUT2D eigenvalue weighted by Crippen LogP contribution is -2.11. The predicted molar refractivity (Wildman–Crippen MR) is 92.8 cm³/mol. The summed E-state index contributed by atoms with van der Waals surface area (Å²) >= 11 is 1.83. The van der Waals surface area contributed by atoms with Gasteiger partial charge in [0.2, 0.25) is 5.91 Å². The van der Waals surface area contributed by atoms with Gasteiger partial charge in [-0.2, -0.15) is 0 Å². The van der Waals surface area contributed by atoms with Gasteiger partial charge in [-0.25, -0.2) is 0 Å². The average molecular weight is 308 g/mol. The molecule has 1 rings (SSSR count). The molecule has 0 aliphatic heterocycles. The molecule has 0 aliphatic carbocycles. The van der Waals surface area contributed by atoms with Crippen LogP contribution in [0.4, 0.5) is 5.69 Å². The summed E-state index contributed by atoms with van der Waals surface area (Å²) in [4.78, 5) is 13.0. The van der Waals surface area contributed by atoms with Crippen molar-refractivity contribution in [1.29, 1.82) is 0 Å². The topological polar surface area (TPSA) is 55.1 Å². The number of hydrogen-bond donors (Lipinski definition) is 2. The van der Waals surface area contributed by atoms with Gasteiger partial charge in [-0.05, 0) is 43.7 Å². The summed E-state index contributed by atoms with van der Waals surface area (Å²) in [7, 11) is 0. The summed E-state index contributed by atoms with van der Waals surface area (Å²) in [5.41, 5.74) is 6.32. The van der Waals surface area contributed by atoms with E-state index in [-0.39, 0.29) is 10.7 Å². The molecule has 0 spiro atoms. The molecule has 4 heteroatoms. The number of hydrogen-bond acceptors (Lipinski definition) is 3. The fourth-order valence-electron chi connectivity index (χ4n) is 1.97. The zero-order chi connectivity index (χ0) is 15.7. The second-order valence-corrected chi connectivity index (χ2v) is 8.14. The fraction of sp³-hybridized carbons (Fsp3) is 0.588. The van der Waals surface area contributed by atoms with E-state index in [0.717, 1.165) is 37.9 Å². The van der Waals surface area contributed by atoms with E-state index in [2.05, 4.69) is 38.2 Å². The summed E-state index contributed by atoms with van der Waals surface area (Å²) < 4.78 is 0.203. The number of nitrogens with one attached hydrogen (secondary N) is 1. The lowest BCUT2D eigenvalue weighted by Gasteiger charge is -2.17. The highest BCUT2D eigenvalue weighted by molar-refractivity contribution is 8.00. The van der Waals surface area contributed by atoms with Gasteiger partial charge in [-0.15, -0.1) is 11.8 Å². The summed E-state index contributed by atoms with van der Waals surface area (Å²) in [6.45, 7) is 7.32. The number of unbranched alkanes of at least 4 members (excludes halogenated alkanes) is 3. The lowest BCUT2D eigenvalue weighted by atomic mass is 10.1. The molecule has 0 bridgehead atoms. The molecule has 3 N–H and O–H groups in total. The van der Waals surface area contributed by atoms with Gasteiger partial charge in [0.05, 0.1) is 0 Å². The molecule has 3 nitrogen and oxygen atoms in total. The summed E-state index contributed by atoms with van der Waals surface area (Å²) in [5, 5.41) is 2.95. The van der Waals surface area contributed by atoms with Crippen molar-refractivity contribution >= 4 is 23.4 Å². The smallest absolute Gasteiger partial charge is 0.224 e. The van der Waals surface area contributed by atoms with Gasteiger partial charge in [0.25, 0.3) is 0 Å². The van der Waals surface area contributed by atoms with E-state index in [1.165, 1.54) is 4.90 Å². The minimum absolute atomic E-state index is 0.0963. The van der Waals surface area contributed by atoms with Gasteiger partial charge in [0.15, 0.2) is 0 Å². The second kappa shape index (κ2) is 9.11. The van der Waals surface area contributed by atoms with Crippen LogP contribution in [0.2, 0.25) is 0 Å². The van der Waals surface area contributed by atoms with Crippen molar-refractivity contribution in [1.82, 2.24) is 0 Å². The Labute approximate surface area is 133 Å². The standard InChI is InChI=1S/C17H28N2OS/c1-17(2,3)21-15-11-9-14(10-12-15)19-16(20)8-6-4-5-7-13-18/h9-12H,4-8,13,18H2,1-3H3,(H,19,20). The van der Waals surface area contributed by atoms with Crippen LogP contribution in [0.15, 0.2) is 29.2 Å². The van der Waals surface area contributed by atoms with Crippen LogP contribution in [0.5, 0.6) is 0 Å². The first-order valence-corrected chi connectivity index (χ1v) is 8.51. The number of amides is 1. The molecule has 1 aromatic rings. The Bertz CT molecular complexity index is 423. The van der Waals surface area contributed by atoms with E-state index in [0.29, 0.717) is 6.42 Å². The number of thioether (sulfide) groups is 1. The van der Waals surface area contributed by atoms with Crippen molar-refractivity contribution in [2.24, 2.45) is 5.73 Å². The monoisotopic (exact) mass is 308 g/mol. The molecule has 21 heavy (non-hydrogen) atoms. The average Bonchev–Trinajstić information content (AvgIpc) is 2.39. The molecule has 0 aromatic heterocycles. The van der Waals surface area contributed by atoms with E-state index in [1.807, 2.05) is 23.9 Å². The van der Waals surface area contributed by atoms with Crippen molar-refractivity contribution < 1.29 is 4.79 Å². The summed E-state index contributed by atoms with van der Waals surface area (Å²) in [5.74, 6) is 0.0963. The van der Waals surface area contributed by atoms with Crippen molar-refractivity contribution in [3.8, 4) is 0 Å². The van der Waals surface area contributed by atoms with Crippen molar-refractivity contribution in [3.63, 3.8) is 0 Å². The van der Waals surface area contributed by atoms with E-state index < -0.39 is 0 Å². The largest absolute Gasteiger partial charge is 0.330 e. The molecule has 0 unspecified atom stereocenters. The van der Waals surface area contributed by atoms with Crippen molar-refractivity contribution in [2.45, 2.75) is 62.5 Å². The molecular weight excluding hydrogens is 280 g/mol. The quantitative estimate of drug-likeness (QED) is 0.552. The van der Waals surface area contributed by atoms with Gasteiger partial charge < -0.3 is 11.1 Å². The summed E-state index contributed by atoms with van der Waals surface area (Å²) in [6, 6.07) is 8.07. The minimum Gasteiger partial charge on any atom is -0.330 e. The molecule has 0 saturated carbocycles. The molecule has 0 saturated heterocycles. The van der Waals surface area contributed by atoms with Gasteiger partial charge in [0, 0.05) is 21.8 Å². The van der Waals surface area contributed by atoms with Crippen molar-refractivity contribution in [3.05, 3.63) is 24.3 Å². The number of carbonyl (C=O) groups excluding carboxylic acids is 1. The highest BCUT2D eigenvalue weighted by atomic mass is 32.2. The van der Waals surface area contributed by atoms with Crippen molar-refractivity contribution in [2.75, 3.05) is 11.9 Å². The highest BCUT2D eigenvalue weighted by Gasteiger charge is 2.11. The van der Waals surface area contributed by atoms with E-state index >= 15 is 0 Å². The van der Waals surface area contributed by atoms with Crippen LogP contribution in [0.1, 0.15) is 52.9 Å². The van der Waals surface area contributed by atoms with Crippen LogP contribution in [0.25, 0.3) is 0 Å². The Morgan fingerprint density at radius 1 is 1.10 bits per heavy atom. The Hall–Kier alpha value is -1.00. The molecule has 1 aromatic carbocycles. The molecular formula is C17H28N2OS. The number of carbonyl (C=O) groups is 1. The first kappa shape index (κ1) is 18.1. The molecule has 0 aliphatic rings. The van der Waals surface area contributed by atoms with Gasteiger partial charge in [0.1, 0.15) is 0 Å². The highest BCUT2D eigenvalue weighted by Crippen LogP contribution is 2.32. The van der Waals surface area contributed by atoms with Gasteiger partial charge >= 0.3 is 0 Å². The maximum Gasteiger partial charge on any atom is 0.224 e. The van der Waals surface area contributed by atoms with E-state index in [4.69, 9.17) is 5.73 Å². The van der Waals surface area contributed by atoms with Crippen LogP contribution in [-0.2, 0) is 4.79 Å². The third-order valence-electron chi connectivity index (χ3n) is 2.92. The first-order chi connectivity index (χ1) is 9.90. The Balaban J connectivity index is 2.33. The first-order valence-electron chi connectivity index (χ1n) is 7.70. The fourth-order valence-corrected chi connectivity index (χ4v) is 2.95. The SMILES string of the molecule is CC(C)(C)Sc1ccc(NC(=O)CCCCCCN)cc1. The molecule has 0 heterocycles. The maximum atomic E-state index is 11.8. The van der Waals surface area contributed by atoms with Crippen LogP contribution < -0.4 is 11.1 Å². The Morgan fingerprint density at radius 3 is 2.29 bits per heavy atom. The lowest BCUT2D eigenvalue weighted by molar-refractivity contribution is -0.116. The predicted octanol–water partition coefficient (Wildman–Crippen LogP) is 4.42. The van der Waals surface area contributed by atoms with E-state index in [9.17, 15) is 4.79 Å².